The van der Waals surface area contributed by atoms with Gasteiger partial charge in [-0.1, -0.05) is 30.3 Å². The minimum atomic E-state index is 0.110. The number of hydrogen-bond donors (Lipinski definition) is 3. The lowest BCUT2D eigenvalue weighted by molar-refractivity contribution is 0.720. The Labute approximate surface area is 116 Å². The smallest absolute Gasteiger partial charge is 0.182 e. The van der Waals surface area contributed by atoms with Crippen LogP contribution in [0.4, 0.5) is 5.82 Å². The fraction of sp³-hybridized carbons (Fsp3) is 0.214. The van der Waals surface area contributed by atoms with Gasteiger partial charge in [0, 0.05) is 12.6 Å². The van der Waals surface area contributed by atoms with E-state index in [-0.39, 0.29) is 6.04 Å². The van der Waals surface area contributed by atoms with E-state index >= 15 is 0 Å². The molecule has 2 heterocycles. The van der Waals surface area contributed by atoms with Crippen LogP contribution >= 0.6 is 0 Å². The second-order valence-corrected chi connectivity index (χ2v) is 4.59. The van der Waals surface area contributed by atoms with Crippen LogP contribution in [0.3, 0.4) is 0 Å². The van der Waals surface area contributed by atoms with E-state index in [4.69, 9.17) is 5.73 Å². The molecule has 6 nitrogen and oxygen atoms in total. The molecule has 0 aliphatic heterocycles. The number of fused-ring (bicyclic) bond motifs is 1. The fourth-order valence-electron chi connectivity index (χ4n) is 2.16. The van der Waals surface area contributed by atoms with Crippen molar-refractivity contribution in [2.75, 3.05) is 11.9 Å². The monoisotopic (exact) mass is 268 g/mol. The highest BCUT2D eigenvalue weighted by Crippen LogP contribution is 2.16. The van der Waals surface area contributed by atoms with E-state index in [1.807, 2.05) is 18.2 Å². The van der Waals surface area contributed by atoms with E-state index in [9.17, 15) is 0 Å². The topological polar surface area (TPSA) is 92.5 Å². The number of H-pyrrole nitrogens is 1. The van der Waals surface area contributed by atoms with Crippen LogP contribution in [0.1, 0.15) is 5.56 Å². The molecule has 3 aromatic rings. The van der Waals surface area contributed by atoms with Gasteiger partial charge in [-0.3, -0.25) is 0 Å². The van der Waals surface area contributed by atoms with Gasteiger partial charge in [0.15, 0.2) is 11.5 Å². The van der Waals surface area contributed by atoms with Crippen molar-refractivity contribution in [2.24, 2.45) is 5.73 Å². The molecule has 1 aromatic carbocycles. The molecule has 2 aromatic heterocycles. The molecule has 0 fully saturated rings. The number of aromatic amines is 1. The Hall–Kier alpha value is -2.47. The quantitative estimate of drug-likeness (QED) is 0.649. The third kappa shape index (κ3) is 2.60. The maximum absolute atomic E-state index is 5.86. The first-order valence-electron chi connectivity index (χ1n) is 6.51. The zero-order chi connectivity index (χ0) is 13.8. The summed E-state index contributed by atoms with van der Waals surface area (Å²) in [6.07, 6.45) is 3.96. The van der Waals surface area contributed by atoms with Gasteiger partial charge in [0.25, 0.3) is 0 Å². The Balaban J connectivity index is 1.79. The number of imidazole rings is 1. The minimum Gasteiger partial charge on any atom is -0.364 e. The molecular weight excluding hydrogens is 252 g/mol. The average Bonchev–Trinajstić information content (AvgIpc) is 2.97. The van der Waals surface area contributed by atoms with E-state index < -0.39 is 0 Å². The number of aromatic nitrogens is 4. The highest BCUT2D eigenvalue weighted by molar-refractivity contribution is 5.82. The molecule has 3 rings (SSSR count). The molecule has 102 valence electrons. The number of benzene rings is 1. The van der Waals surface area contributed by atoms with E-state index in [1.165, 1.54) is 11.9 Å². The summed E-state index contributed by atoms with van der Waals surface area (Å²) in [5, 5.41) is 3.36. The number of anilines is 1. The molecule has 0 radical (unpaired) electrons. The second kappa shape index (κ2) is 5.66. The Kier molecular flexibility index (Phi) is 3.56. The molecule has 0 aliphatic carbocycles. The lowest BCUT2D eigenvalue weighted by atomic mass is 10.1. The number of nitrogens with two attached hydrogens (primary N) is 1. The fourth-order valence-corrected chi connectivity index (χ4v) is 2.16. The number of nitrogens with zero attached hydrogens (tertiary/aromatic N) is 3. The van der Waals surface area contributed by atoms with Crippen molar-refractivity contribution in [3.05, 3.63) is 48.5 Å². The van der Waals surface area contributed by atoms with E-state index in [2.05, 4.69) is 37.4 Å². The standard InChI is InChI=1S/C14H16N6/c15-7-11(6-10-4-2-1-3-5-10)20-14-12-13(17-8-16-12)18-9-19-14/h1-5,8-9,11H,6-7,15H2,(H2,16,17,18,19,20). The zero-order valence-corrected chi connectivity index (χ0v) is 11.0. The van der Waals surface area contributed by atoms with Crippen LogP contribution in [0, 0.1) is 0 Å². The summed E-state index contributed by atoms with van der Waals surface area (Å²) in [6, 6.07) is 10.4. The molecular formula is C14H16N6. The average molecular weight is 268 g/mol. The number of nitrogens with one attached hydrogen (secondary N) is 2. The number of rotatable bonds is 5. The SMILES string of the molecule is NCC(Cc1ccccc1)Nc1ncnc2nc[nH]c12. The second-order valence-electron chi connectivity index (χ2n) is 4.59. The summed E-state index contributed by atoms with van der Waals surface area (Å²) in [5.74, 6) is 0.735. The van der Waals surface area contributed by atoms with Gasteiger partial charge < -0.3 is 16.0 Å². The third-order valence-corrected chi connectivity index (χ3v) is 3.17. The normalized spacial score (nSPS) is 12.4. The van der Waals surface area contributed by atoms with Crippen molar-refractivity contribution < 1.29 is 0 Å². The highest BCUT2D eigenvalue weighted by Gasteiger charge is 2.12. The van der Waals surface area contributed by atoms with Crippen LogP contribution in [0.5, 0.6) is 0 Å². The maximum Gasteiger partial charge on any atom is 0.182 e. The predicted molar refractivity (Wildman–Crippen MR) is 78.3 cm³/mol. The van der Waals surface area contributed by atoms with Crippen LogP contribution < -0.4 is 11.1 Å². The summed E-state index contributed by atoms with van der Waals surface area (Å²) in [5.41, 5.74) is 8.55. The van der Waals surface area contributed by atoms with E-state index in [0.29, 0.717) is 12.2 Å². The minimum absolute atomic E-state index is 0.110. The van der Waals surface area contributed by atoms with Gasteiger partial charge in [-0.2, -0.15) is 0 Å². The largest absolute Gasteiger partial charge is 0.364 e. The van der Waals surface area contributed by atoms with Crippen molar-refractivity contribution >= 4 is 17.0 Å². The van der Waals surface area contributed by atoms with Crippen LogP contribution in [-0.2, 0) is 6.42 Å². The van der Waals surface area contributed by atoms with E-state index in [1.54, 1.807) is 6.33 Å². The molecule has 0 saturated carbocycles. The first kappa shape index (κ1) is 12.6. The van der Waals surface area contributed by atoms with Gasteiger partial charge in [0.1, 0.15) is 11.8 Å². The van der Waals surface area contributed by atoms with Crippen molar-refractivity contribution in [1.82, 2.24) is 19.9 Å². The Morgan fingerprint density at radius 3 is 2.80 bits per heavy atom. The molecule has 4 N–H and O–H groups in total. The molecule has 6 heteroatoms. The summed E-state index contributed by atoms with van der Waals surface area (Å²) in [7, 11) is 0. The molecule has 0 saturated heterocycles. The summed E-state index contributed by atoms with van der Waals surface area (Å²) in [6.45, 7) is 0.522. The molecule has 0 amide bonds. The Morgan fingerprint density at radius 2 is 2.00 bits per heavy atom. The van der Waals surface area contributed by atoms with Gasteiger partial charge in [-0.05, 0) is 12.0 Å². The molecule has 0 aliphatic rings. The molecule has 0 spiro atoms. The maximum atomic E-state index is 5.86. The molecule has 1 atom stereocenters. The van der Waals surface area contributed by atoms with Crippen molar-refractivity contribution in [1.29, 1.82) is 0 Å². The first-order chi connectivity index (χ1) is 9.86. The summed E-state index contributed by atoms with van der Waals surface area (Å²) < 4.78 is 0. The predicted octanol–water partition coefficient (Wildman–Crippen LogP) is 1.33. The van der Waals surface area contributed by atoms with Gasteiger partial charge in [0.2, 0.25) is 0 Å². The number of hydrogen-bond acceptors (Lipinski definition) is 5. The molecule has 0 bridgehead atoms. The van der Waals surface area contributed by atoms with Gasteiger partial charge >= 0.3 is 0 Å². The van der Waals surface area contributed by atoms with Crippen LogP contribution in [0.25, 0.3) is 11.2 Å². The Morgan fingerprint density at radius 1 is 1.15 bits per heavy atom. The summed E-state index contributed by atoms with van der Waals surface area (Å²) >= 11 is 0. The van der Waals surface area contributed by atoms with Gasteiger partial charge in [0.05, 0.1) is 6.33 Å². The van der Waals surface area contributed by atoms with Crippen LogP contribution in [0.2, 0.25) is 0 Å². The van der Waals surface area contributed by atoms with Gasteiger partial charge in [-0.25, -0.2) is 15.0 Å². The van der Waals surface area contributed by atoms with Crippen molar-refractivity contribution in [3.63, 3.8) is 0 Å². The van der Waals surface area contributed by atoms with Crippen molar-refractivity contribution in [2.45, 2.75) is 12.5 Å². The molecule has 1 unspecified atom stereocenters. The zero-order valence-electron chi connectivity index (χ0n) is 11.0. The third-order valence-electron chi connectivity index (χ3n) is 3.17. The summed E-state index contributed by atoms with van der Waals surface area (Å²) in [4.78, 5) is 15.5. The lowest BCUT2D eigenvalue weighted by Crippen LogP contribution is -2.31. The highest BCUT2D eigenvalue weighted by atomic mass is 15.1. The molecule has 20 heavy (non-hydrogen) atoms. The lowest BCUT2D eigenvalue weighted by Gasteiger charge is -2.17. The first-order valence-corrected chi connectivity index (χ1v) is 6.51. The van der Waals surface area contributed by atoms with Crippen molar-refractivity contribution in [3.8, 4) is 0 Å². The van der Waals surface area contributed by atoms with Crippen LogP contribution in [-0.4, -0.2) is 32.5 Å². The van der Waals surface area contributed by atoms with Gasteiger partial charge in [-0.15, -0.1) is 0 Å². The Bertz CT molecular complexity index is 678. The van der Waals surface area contributed by atoms with Crippen LogP contribution in [0.15, 0.2) is 43.0 Å². The van der Waals surface area contributed by atoms with E-state index in [0.717, 1.165) is 17.8 Å².